The van der Waals surface area contributed by atoms with E-state index in [4.69, 9.17) is 19.9 Å². The summed E-state index contributed by atoms with van der Waals surface area (Å²) in [7, 11) is 0. The summed E-state index contributed by atoms with van der Waals surface area (Å²) in [6, 6.07) is 11.2. The van der Waals surface area contributed by atoms with Crippen LogP contribution in [0.5, 0.6) is 0 Å². The molecule has 23 heteroatoms. The number of nitrogens with zero attached hydrogens (tertiary/aromatic N) is 3. The van der Waals surface area contributed by atoms with E-state index in [2.05, 4.69) is 41.2 Å². The molecule has 2 aromatic carbocycles. The van der Waals surface area contributed by atoms with Crippen molar-refractivity contribution in [2.75, 3.05) is 58.5 Å². The largest absolute Gasteiger partial charge is 0.480 e. The van der Waals surface area contributed by atoms with Gasteiger partial charge in [-0.3, -0.25) is 33.8 Å². The number of fused-ring (bicyclic) bond motifs is 1. The molecule has 0 radical (unpaired) electrons. The molecule has 6 rings (SSSR count). The molecule has 5 amide bonds. The second kappa shape index (κ2) is 26.1. The molecule has 5 aromatic rings. The third-order valence-corrected chi connectivity index (χ3v) is 13.0. The summed E-state index contributed by atoms with van der Waals surface area (Å²) < 4.78 is 16.5. The molecule has 22 nitrogen and oxygen atoms in total. The van der Waals surface area contributed by atoms with Crippen molar-refractivity contribution in [2.45, 2.75) is 90.6 Å². The van der Waals surface area contributed by atoms with E-state index in [1.165, 1.54) is 4.90 Å². The predicted octanol–water partition coefficient (Wildman–Crippen LogP) is 1.99. The molecule has 1 aliphatic heterocycles. The number of H-pyrrole nitrogens is 2. The minimum Gasteiger partial charge on any atom is -0.480 e. The molecule has 1 aliphatic rings. The van der Waals surface area contributed by atoms with E-state index in [0.717, 1.165) is 32.8 Å². The van der Waals surface area contributed by atoms with Crippen LogP contribution in [0.4, 0.5) is 5.95 Å². The first-order valence-corrected chi connectivity index (χ1v) is 24.8. The fourth-order valence-electron chi connectivity index (χ4n) is 8.13. The zero-order valence-electron chi connectivity index (χ0n) is 41.3. The van der Waals surface area contributed by atoms with Crippen LogP contribution in [0.15, 0.2) is 65.0 Å². The van der Waals surface area contributed by atoms with Gasteiger partial charge in [0.15, 0.2) is 0 Å². The van der Waals surface area contributed by atoms with Crippen LogP contribution < -0.4 is 32.6 Å². The van der Waals surface area contributed by atoms with Crippen LogP contribution in [0, 0.1) is 12.3 Å². The predicted molar refractivity (Wildman–Crippen MR) is 270 cm³/mol. The lowest BCUT2D eigenvalue weighted by molar-refractivity contribution is -0.144. The van der Waals surface area contributed by atoms with Gasteiger partial charge in [0.2, 0.25) is 29.6 Å². The molecule has 4 heterocycles. The number of ether oxygens (including phenoxy) is 3. The molecule has 10 N–H and O–H groups in total. The van der Waals surface area contributed by atoms with Gasteiger partial charge in [-0.2, -0.15) is 4.98 Å². The lowest BCUT2D eigenvalue weighted by Gasteiger charge is -2.35. The number of carbonyl (C=O) groups is 6. The first-order valence-electron chi connectivity index (χ1n) is 23.9. The molecular weight excluding hydrogens is 965 g/mol. The quantitative estimate of drug-likeness (QED) is 0.0358. The number of carboxylic acid groups (broad SMARTS) is 1. The number of thiazole rings is 1. The molecular formula is C50H64N10O12S. The molecule has 392 valence electrons. The Morgan fingerprint density at radius 3 is 2.26 bits per heavy atom. The number of likely N-dealkylation sites (tertiary alicyclic amines) is 1. The third kappa shape index (κ3) is 16.0. The standard InChI is InChI=1S/C50H64N10O12S/c1-29-41(73-28-55-29)32-10-8-31(9-11-32)24-54-45(65)37-23-35(61)26-60(37)47(67)42(50(2,3)4)57-39(63)27-72-22-21-71-20-19-70-18-17-52-38(62)16-15-36(48(68)69)56-44(64)33-12-5-30(6-13-33)7-14-34-25-53-43-40(34)46(66)59-49(51)58-43/h5-6,8-13,25,28,35-37,42,61H,7,14-24,26-27H2,1-4H3,(H,52,62)(H,54,65)(H,56,64)(H,57,63)(H,68,69)(H4,51,53,58,59,66)/t35-,36+,37?,42?/m1/s1. The number of carbonyl (C=O) groups excluding carboxylic acids is 5. The molecule has 0 aliphatic carbocycles. The number of aliphatic hydroxyl groups excluding tert-OH is 1. The summed E-state index contributed by atoms with van der Waals surface area (Å²) in [6.07, 6.45) is 1.65. The van der Waals surface area contributed by atoms with Crippen LogP contribution >= 0.6 is 11.3 Å². The van der Waals surface area contributed by atoms with E-state index >= 15 is 0 Å². The maximum absolute atomic E-state index is 13.9. The van der Waals surface area contributed by atoms with E-state index in [0.29, 0.717) is 23.9 Å². The Balaban J connectivity index is 0.806. The van der Waals surface area contributed by atoms with E-state index in [-0.39, 0.29) is 95.6 Å². The molecule has 0 spiro atoms. The number of carboxylic acids is 1. The van der Waals surface area contributed by atoms with Gasteiger partial charge in [0.05, 0.1) is 60.6 Å². The lowest BCUT2D eigenvalue weighted by atomic mass is 9.85. The Labute approximate surface area is 425 Å². The number of aliphatic hydroxyl groups is 1. The van der Waals surface area contributed by atoms with Gasteiger partial charge >= 0.3 is 5.97 Å². The van der Waals surface area contributed by atoms with Gasteiger partial charge in [-0.25, -0.2) is 9.78 Å². The van der Waals surface area contributed by atoms with Crippen molar-refractivity contribution in [3.05, 3.63) is 98.5 Å². The number of nitrogen functional groups attached to an aromatic ring is 1. The fourth-order valence-corrected chi connectivity index (χ4v) is 8.94. The number of anilines is 1. The number of hydrogen-bond donors (Lipinski definition) is 9. The number of aliphatic carboxylic acids is 1. The number of aromatic nitrogens is 4. The highest BCUT2D eigenvalue weighted by molar-refractivity contribution is 7.13. The number of aromatic amines is 2. The summed E-state index contributed by atoms with van der Waals surface area (Å²) in [5.74, 6) is -3.71. The maximum atomic E-state index is 13.9. The Kier molecular flexibility index (Phi) is 19.7. The smallest absolute Gasteiger partial charge is 0.326 e. The number of β-amino-alcohol motifs (C(OH)–C–C–N with tert-alkyl or cyclic N) is 1. The fraction of sp³-hybridized carbons (Fsp3) is 0.460. The zero-order valence-corrected chi connectivity index (χ0v) is 42.1. The molecule has 1 fully saturated rings. The SMILES string of the molecule is Cc1ncsc1-c1ccc(CNC(=O)C2C[C@@H](O)CN2C(=O)C(NC(=O)COCCOCCOCCNC(=O)CC[C@H](NC(=O)c2ccc(CCc3c[nH]c4nc(N)[nH]c(=O)c34)cc2)C(=O)O)C(C)(C)C)cc1. The average molecular weight is 1030 g/mol. The lowest BCUT2D eigenvalue weighted by Crippen LogP contribution is -2.58. The third-order valence-electron chi connectivity index (χ3n) is 12.1. The van der Waals surface area contributed by atoms with Crippen LogP contribution in [0.2, 0.25) is 0 Å². The summed E-state index contributed by atoms with van der Waals surface area (Å²) in [5.41, 5.74) is 11.5. The Bertz CT molecular complexity index is 2750. The summed E-state index contributed by atoms with van der Waals surface area (Å²) in [6.45, 7) is 8.09. The second-order valence-electron chi connectivity index (χ2n) is 18.7. The number of nitrogens with one attached hydrogen (secondary N) is 6. The molecule has 2 unspecified atom stereocenters. The number of hydrogen-bond acceptors (Lipinski definition) is 15. The molecule has 3 aromatic heterocycles. The zero-order chi connectivity index (χ0) is 52.7. The van der Waals surface area contributed by atoms with Crippen molar-refractivity contribution in [3.8, 4) is 10.4 Å². The van der Waals surface area contributed by atoms with Gasteiger partial charge in [0.25, 0.3) is 11.5 Å². The van der Waals surface area contributed by atoms with Gasteiger partial charge < -0.3 is 61.3 Å². The number of nitrogens with two attached hydrogens (primary N) is 1. The summed E-state index contributed by atoms with van der Waals surface area (Å²) >= 11 is 1.55. The summed E-state index contributed by atoms with van der Waals surface area (Å²) in [4.78, 5) is 106. The Morgan fingerprint density at radius 1 is 0.904 bits per heavy atom. The van der Waals surface area contributed by atoms with Crippen molar-refractivity contribution < 1.29 is 53.2 Å². The first-order chi connectivity index (χ1) is 34.9. The molecule has 0 saturated carbocycles. The van der Waals surface area contributed by atoms with Crippen molar-refractivity contribution in [2.24, 2.45) is 5.41 Å². The van der Waals surface area contributed by atoms with Gasteiger partial charge in [0.1, 0.15) is 30.4 Å². The first kappa shape index (κ1) is 55.3. The minimum absolute atomic E-state index is 0.0169. The van der Waals surface area contributed by atoms with Crippen LogP contribution in [-0.4, -0.2) is 148 Å². The molecule has 73 heavy (non-hydrogen) atoms. The minimum atomic E-state index is -1.30. The molecule has 4 atom stereocenters. The number of rotatable bonds is 26. The van der Waals surface area contributed by atoms with Crippen LogP contribution in [0.25, 0.3) is 21.5 Å². The topological polar surface area (TPSA) is 322 Å². The van der Waals surface area contributed by atoms with Crippen molar-refractivity contribution in [3.63, 3.8) is 0 Å². The van der Waals surface area contributed by atoms with Crippen molar-refractivity contribution in [1.82, 2.24) is 46.1 Å². The van der Waals surface area contributed by atoms with Crippen molar-refractivity contribution in [1.29, 1.82) is 0 Å². The second-order valence-corrected chi connectivity index (χ2v) is 19.5. The van der Waals surface area contributed by atoms with E-state index < -0.39 is 65.1 Å². The highest BCUT2D eigenvalue weighted by atomic mass is 32.1. The van der Waals surface area contributed by atoms with Gasteiger partial charge in [-0.15, -0.1) is 11.3 Å². The number of amides is 5. The highest BCUT2D eigenvalue weighted by Crippen LogP contribution is 2.28. The highest BCUT2D eigenvalue weighted by Gasteiger charge is 2.44. The monoisotopic (exact) mass is 1030 g/mol. The van der Waals surface area contributed by atoms with Gasteiger partial charge in [-0.1, -0.05) is 57.2 Å². The van der Waals surface area contributed by atoms with Crippen LogP contribution in [0.3, 0.4) is 0 Å². The van der Waals surface area contributed by atoms with Crippen LogP contribution in [0.1, 0.15) is 72.8 Å². The summed E-state index contributed by atoms with van der Waals surface area (Å²) in [5, 5.41) is 31.4. The van der Waals surface area contributed by atoms with E-state index in [1.807, 2.05) is 31.2 Å². The maximum Gasteiger partial charge on any atom is 0.326 e. The molecule has 0 bridgehead atoms. The van der Waals surface area contributed by atoms with Gasteiger partial charge in [0, 0.05) is 44.2 Å². The average Bonchev–Trinajstić information content (AvgIpc) is 4.09. The van der Waals surface area contributed by atoms with Gasteiger partial charge in [-0.05, 0) is 66.0 Å². The molecule has 1 saturated heterocycles. The van der Waals surface area contributed by atoms with Crippen LogP contribution in [-0.2, 0) is 57.6 Å². The Morgan fingerprint density at radius 2 is 1.59 bits per heavy atom. The number of aryl methyl sites for hydroxylation is 3. The normalized spacial score (nSPS) is 15.4. The number of benzene rings is 2. The van der Waals surface area contributed by atoms with Crippen molar-refractivity contribution >= 4 is 63.8 Å². The van der Waals surface area contributed by atoms with E-state index in [9.17, 15) is 43.8 Å². The van der Waals surface area contributed by atoms with E-state index in [1.54, 1.807) is 68.1 Å². The Hall–Kier alpha value is -7.05.